The van der Waals surface area contributed by atoms with E-state index < -0.39 is 0 Å². The standard InChI is InChI=1S/C12H19NO3/c1-4-14-10-7-9(13)8-11(15-5-2)12(10)16-6-3/h7-8H,4-6,13H2,1-3H3. The van der Waals surface area contributed by atoms with Crippen molar-refractivity contribution in [3.05, 3.63) is 12.1 Å². The number of hydrogen-bond acceptors (Lipinski definition) is 4. The van der Waals surface area contributed by atoms with Crippen LogP contribution in [0.25, 0.3) is 0 Å². The first-order valence-corrected chi connectivity index (χ1v) is 5.54. The van der Waals surface area contributed by atoms with Gasteiger partial charge >= 0.3 is 0 Å². The molecule has 1 aromatic rings. The van der Waals surface area contributed by atoms with Gasteiger partial charge in [0.15, 0.2) is 11.5 Å². The van der Waals surface area contributed by atoms with Crippen LogP contribution in [0.2, 0.25) is 0 Å². The number of anilines is 1. The Hall–Kier alpha value is -1.58. The van der Waals surface area contributed by atoms with Crippen LogP contribution in [0.3, 0.4) is 0 Å². The predicted octanol–water partition coefficient (Wildman–Crippen LogP) is 2.46. The summed E-state index contributed by atoms with van der Waals surface area (Å²) in [5.41, 5.74) is 6.38. The summed E-state index contributed by atoms with van der Waals surface area (Å²) in [6.07, 6.45) is 0. The minimum Gasteiger partial charge on any atom is -0.490 e. The van der Waals surface area contributed by atoms with Gasteiger partial charge in [-0.15, -0.1) is 0 Å². The lowest BCUT2D eigenvalue weighted by atomic mass is 10.2. The maximum absolute atomic E-state index is 5.77. The van der Waals surface area contributed by atoms with Crippen molar-refractivity contribution in [3.63, 3.8) is 0 Å². The molecule has 0 atom stereocenters. The van der Waals surface area contributed by atoms with E-state index in [-0.39, 0.29) is 0 Å². The van der Waals surface area contributed by atoms with Gasteiger partial charge in [0.1, 0.15) is 0 Å². The van der Waals surface area contributed by atoms with Gasteiger partial charge in [-0.3, -0.25) is 0 Å². The van der Waals surface area contributed by atoms with E-state index in [0.29, 0.717) is 42.8 Å². The minimum absolute atomic E-state index is 0.560. The lowest BCUT2D eigenvalue weighted by molar-refractivity contribution is 0.261. The molecule has 0 saturated carbocycles. The van der Waals surface area contributed by atoms with Crippen LogP contribution in [0.15, 0.2) is 12.1 Å². The Labute approximate surface area is 96.3 Å². The summed E-state index contributed by atoms with van der Waals surface area (Å²) in [4.78, 5) is 0. The van der Waals surface area contributed by atoms with Gasteiger partial charge in [0.05, 0.1) is 19.8 Å². The van der Waals surface area contributed by atoms with E-state index in [1.807, 2.05) is 20.8 Å². The molecule has 0 fully saturated rings. The van der Waals surface area contributed by atoms with Crippen LogP contribution < -0.4 is 19.9 Å². The fourth-order valence-corrected chi connectivity index (χ4v) is 1.41. The maximum atomic E-state index is 5.77. The zero-order valence-electron chi connectivity index (χ0n) is 10.1. The number of nitrogens with two attached hydrogens (primary N) is 1. The zero-order chi connectivity index (χ0) is 12.0. The molecule has 0 saturated heterocycles. The highest BCUT2D eigenvalue weighted by molar-refractivity contribution is 5.60. The van der Waals surface area contributed by atoms with Crippen molar-refractivity contribution < 1.29 is 14.2 Å². The first kappa shape index (κ1) is 12.5. The quantitative estimate of drug-likeness (QED) is 0.756. The SMILES string of the molecule is CCOc1cc(N)cc(OCC)c1OCC. The summed E-state index contributed by atoms with van der Waals surface area (Å²) in [6, 6.07) is 3.49. The van der Waals surface area contributed by atoms with Crippen molar-refractivity contribution in [2.75, 3.05) is 25.6 Å². The Balaban J connectivity index is 3.12. The van der Waals surface area contributed by atoms with Gasteiger partial charge in [-0.1, -0.05) is 0 Å². The van der Waals surface area contributed by atoms with E-state index in [1.54, 1.807) is 12.1 Å². The van der Waals surface area contributed by atoms with E-state index in [0.717, 1.165) is 0 Å². The molecule has 0 bridgehead atoms. The van der Waals surface area contributed by atoms with Crippen molar-refractivity contribution >= 4 is 5.69 Å². The number of nitrogen functional groups attached to an aromatic ring is 1. The van der Waals surface area contributed by atoms with Gasteiger partial charge in [0.25, 0.3) is 0 Å². The molecule has 2 N–H and O–H groups in total. The van der Waals surface area contributed by atoms with Gasteiger partial charge in [-0.05, 0) is 20.8 Å². The molecule has 0 aliphatic carbocycles. The lowest BCUT2D eigenvalue weighted by Gasteiger charge is -2.15. The lowest BCUT2D eigenvalue weighted by Crippen LogP contribution is -2.03. The molecule has 16 heavy (non-hydrogen) atoms. The van der Waals surface area contributed by atoms with Gasteiger partial charge in [0.2, 0.25) is 5.75 Å². The molecule has 1 aromatic carbocycles. The van der Waals surface area contributed by atoms with Crippen LogP contribution >= 0.6 is 0 Å². The molecule has 0 radical (unpaired) electrons. The van der Waals surface area contributed by atoms with E-state index in [9.17, 15) is 0 Å². The summed E-state index contributed by atoms with van der Waals surface area (Å²) in [5, 5.41) is 0. The van der Waals surface area contributed by atoms with Crippen LogP contribution in [-0.2, 0) is 0 Å². The Morgan fingerprint density at radius 2 is 1.31 bits per heavy atom. The summed E-state index contributed by atoms with van der Waals surface area (Å²) in [5.74, 6) is 1.89. The molecule has 0 aromatic heterocycles. The van der Waals surface area contributed by atoms with E-state index >= 15 is 0 Å². The molecule has 4 heteroatoms. The zero-order valence-corrected chi connectivity index (χ0v) is 10.1. The second-order valence-corrected chi connectivity index (χ2v) is 3.15. The molecular weight excluding hydrogens is 206 g/mol. The first-order valence-electron chi connectivity index (χ1n) is 5.54. The van der Waals surface area contributed by atoms with E-state index in [1.165, 1.54) is 0 Å². The van der Waals surface area contributed by atoms with Crippen molar-refractivity contribution in [3.8, 4) is 17.2 Å². The third-order valence-corrected chi connectivity index (χ3v) is 1.93. The fraction of sp³-hybridized carbons (Fsp3) is 0.500. The van der Waals surface area contributed by atoms with Gasteiger partial charge in [0, 0.05) is 17.8 Å². The number of benzene rings is 1. The predicted molar refractivity (Wildman–Crippen MR) is 64.4 cm³/mol. The molecule has 0 amide bonds. The highest BCUT2D eigenvalue weighted by Gasteiger charge is 2.13. The molecule has 0 aliphatic rings. The second-order valence-electron chi connectivity index (χ2n) is 3.15. The topological polar surface area (TPSA) is 53.7 Å². The third kappa shape index (κ3) is 2.95. The highest BCUT2D eigenvalue weighted by atomic mass is 16.5. The molecule has 0 spiro atoms. The van der Waals surface area contributed by atoms with Crippen LogP contribution in [0, 0.1) is 0 Å². The van der Waals surface area contributed by atoms with Crippen LogP contribution in [0.1, 0.15) is 20.8 Å². The highest BCUT2D eigenvalue weighted by Crippen LogP contribution is 2.39. The third-order valence-electron chi connectivity index (χ3n) is 1.93. The second kappa shape index (κ2) is 6.10. The summed E-state index contributed by atoms with van der Waals surface area (Å²) >= 11 is 0. The maximum Gasteiger partial charge on any atom is 0.203 e. The monoisotopic (exact) mass is 225 g/mol. The average molecular weight is 225 g/mol. The minimum atomic E-state index is 0.560. The van der Waals surface area contributed by atoms with Gasteiger partial charge < -0.3 is 19.9 Å². The molecule has 0 heterocycles. The number of hydrogen-bond donors (Lipinski definition) is 1. The van der Waals surface area contributed by atoms with Crippen LogP contribution in [0.4, 0.5) is 5.69 Å². The summed E-state index contributed by atoms with van der Waals surface area (Å²) in [6.45, 7) is 7.44. The van der Waals surface area contributed by atoms with Crippen molar-refractivity contribution in [2.45, 2.75) is 20.8 Å². The molecular formula is C12H19NO3. The van der Waals surface area contributed by atoms with Gasteiger partial charge in [-0.2, -0.15) is 0 Å². The molecule has 0 aliphatic heterocycles. The van der Waals surface area contributed by atoms with Gasteiger partial charge in [-0.25, -0.2) is 0 Å². The summed E-state index contributed by atoms with van der Waals surface area (Å²) in [7, 11) is 0. The Morgan fingerprint density at radius 1 is 0.875 bits per heavy atom. The fourth-order valence-electron chi connectivity index (χ4n) is 1.41. The summed E-state index contributed by atoms with van der Waals surface area (Å²) < 4.78 is 16.5. The molecule has 0 unspecified atom stereocenters. The molecule has 90 valence electrons. The van der Waals surface area contributed by atoms with E-state index in [4.69, 9.17) is 19.9 Å². The van der Waals surface area contributed by atoms with Crippen molar-refractivity contribution in [1.29, 1.82) is 0 Å². The smallest absolute Gasteiger partial charge is 0.203 e. The van der Waals surface area contributed by atoms with Crippen LogP contribution in [-0.4, -0.2) is 19.8 Å². The number of rotatable bonds is 6. The molecule has 1 rings (SSSR count). The molecule has 4 nitrogen and oxygen atoms in total. The van der Waals surface area contributed by atoms with Crippen molar-refractivity contribution in [1.82, 2.24) is 0 Å². The van der Waals surface area contributed by atoms with E-state index in [2.05, 4.69) is 0 Å². The Morgan fingerprint density at radius 3 is 1.69 bits per heavy atom. The Kier molecular flexibility index (Phi) is 4.76. The normalized spacial score (nSPS) is 9.94. The number of ether oxygens (including phenoxy) is 3. The largest absolute Gasteiger partial charge is 0.490 e. The van der Waals surface area contributed by atoms with Crippen LogP contribution in [0.5, 0.6) is 17.2 Å². The average Bonchev–Trinajstić information content (AvgIpc) is 2.24. The first-order chi connectivity index (χ1) is 7.72. The Bertz CT molecular complexity index is 312. The van der Waals surface area contributed by atoms with Crippen molar-refractivity contribution in [2.24, 2.45) is 0 Å².